The highest BCUT2D eigenvalue weighted by atomic mass is 16.6. The fourth-order valence-electron chi connectivity index (χ4n) is 0.974. The number of rotatable bonds is 1. The predicted octanol–water partition coefficient (Wildman–Crippen LogP) is 1.84. The van der Waals surface area contributed by atoms with Gasteiger partial charge in [-0.3, -0.25) is 0 Å². The molecule has 0 amide bonds. The zero-order chi connectivity index (χ0) is 11.5. The average molecular weight is 206 g/mol. The van der Waals surface area contributed by atoms with Gasteiger partial charge in [0.2, 0.25) is 0 Å². The van der Waals surface area contributed by atoms with Gasteiger partial charge in [-0.15, -0.1) is 12.3 Å². The van der Waals surface area contributed by atoms with Crippen LogP contribution in [0.25, 0.3) is 0 Å². The number of hydrogen-bond donors (Lipinski definition) is 0. The Kier molecular flexibility index (Phi) is 3.15. The van der Waals surface area contributed by atoms with Gasteiger partial charge in [-0.05, 0) is 20.8 Å². The third kappa shape index (κ3) is 3.47. The maximum Gasteiger partial charge on any atom is 0.419 e. The van der Waals surface area contributed by atoms with E-state index in [4.69, 9.17) is 11.2 Å². The molecule has 4 heteroatoms. The van der Waals surface area contributed by atoms with Crippen molar-refractivity contribution in [2.24, 2.45) is 0 Å². The third-order valence-corrected chi connectivity index (χ3v) is 1.52. The van der Waals surface area contributed by atoms with Crippen molar-refractivity contribution in [3.05, 3.63) is 18.2 Å². The van der Waals surface area contributed by atoms with Crippen LogP contribution in [-0.4, -0.2) is 21.2 Å². The second kappa shape index (κ2) is 4.18. The van der Waals surface area contributed by atoms with E-state index in [1.54, 1.807) is 6.20 Å². The highest BCUT2D eigenvalue weighted by molar-refractivity contribution is 5.70. The Labute approximate surface area is 89.3 Å². The lowest BCUT2D eigenvalue weighted by atomic mass is 10.2. The van der Waals surface area contributed by atoms with Crippen LogP contribution in [0.2, 0.25) is 0 Å². The summed E-state index contributed by atoms with van der Waals surface area (Å²) < 4.78 is 6.44. The second-order valence-electron chi connectivity index (χ2n) is 4.13. The molecular weight excluding hydrogens is 192 g/mol. The average Bonchev–Trinajstić information content (AvgIpc) is 2.50. The van der Waals surface area contributed by atoms with E-state index in [1.807, 2.05) is 20.8 Å². The van der Waals surface area contributed by atoms with E-state index < -0.39 is 11.7 Å². The van der Waals surface area contributed by atoms with Gasteiger partial charge in [0.1, 0.15) is 11.9 Å². The van der Waals surface area contributed by atoms with E-state index in [1.165, 1.54) is 10.9 Å². The molecule has 1 aromatic heterocycles. The molecule has 1 rings (SSSR count). The van der Waals surface area contributed by atoms with E-state index in [0.717, 1.165) is 0 Å². The van der Waals surface area contributed by atoms with Crippen LogP contribution in [0.15, 0.2) is 12.5 Å². The van der Waals surface area contributed by atoms with Crippen molar-refractivity contribution in [3.8, 4) is 12.3 Å². The summed E-state index contributed by atoms with van der Waals surface area (Å²) in [6.45, 7) is 5.43. The van der Waals surface area contributed by atoms with Crippen molar-refractivity contribution in [3.63, 3.8) is 0 Å². The van der Waals surface area contributed by atoms with E-state index in [2.05, 4.69) is 10.9 Å². The normalized spacial score (nSPS) is 10.8. The van der Waals surface area contributed by atoms with Gasteiger partial charge in [-0.1, -0.05) is 0 Å². The van der Waals surface area contributed by atoms with Gasteiger partial charge in [0, 0.05) is 6.20 Å². The lowest BCUT2D eigenvalue weighted by molar-refractivity contribution is 0.0536. The molecule has 1 heterocycles. The van der Waals surface area contributed by atoms with Crippen molar-refractivity contribution in [1.29, 1.82) is 0 Å². The highest BCUT2D eigenvalue weighted by Crippen LogP contribution is 2.09. The van der Waals surface area contributed by atoms with Gasteiger partial charge in [0.25, 0.3) is 0 Å². The van der Waals surface area contributed by atoms with Gasteiger partial charge in [-0.2, -0.15) is 0 Å². The number of imidazole rings is 1. The number of carbonyl (C=O) groups is 1. The summed E-state index contributed by atoms with van der Waals surface area (Å²) in [5.41, 5.74) is 0.177. The van der Waals surface area contributed by atoms with Gasteiger partial charge < -0.3 is 4.74 Å². The first-order valence-electron chi connectivity index (χ1n) is 4.62. The van der Waals surface area contributed by atoms with Crippen LogP contribution < -0.4 is 0 Å². The first kappa shape index (κ1) is 11.3. The molecule has 0 spiro atoms. The molecule has 0 aliphatic heterocycles. The Morgan fingerprint density at radius 1 is 1.67 bits per heavy atom. The Bertz CT molecular complexity index is 393. The van der Waals surface area contributed by atoms with Crippen LogP contribution in [0.3, 0.4) is 0 Å². The van der Waals surface area contributed by atoms with Gasteiger partial charge in [0.05, 0.1) is 12.1 Å². The fraction of sp³-hybridized carbons (Fsp3) is 0.455. The predicted molar refractivity (Wildman–Crippen MR) is 56.4 cm³/mol. The minimum atomic E-state index is -0.506. The fourth-order valence-corrected chi connectivity index (χ4v) is 0.974. The zero-order valence-corrected chi connectivity index (χ0v) is 9.15. The molecule has 0 N–H and O–H groups in total. The van der Waals surface area contributed by atoms with E-state index >= 15 is 0 Å². The van der Waals surface area contributed by atoms with Crippen molar-refractivity contribution in [2.45, 2.75) is 32.8 Å². The van der Waals surface area contributed by atoms with Crippen LogP contribution in [-0.2, 0) is 11.2 Å². The summed E-state index contributed by atoms with van der Waals surface area (Å²) in [6, 6.07) is 0. The number of aromatic nitrogens is 2. The summed E-state index contributed by atoms with van der Waals surface area (Å²) in [4.78, 5) is 15.5. The molecule has 0 aliphatic carbocycles. The molecule has 0 saturated carbocycles. The molecule has 0 radical (unpaired) electrons. The SMILES string of the molecule is C#CCc1cn(C(=O)OC(C)(C)C)cn1. The molecule has 0 atom stereocenters. The van der Waals surface area contributed by atoms with Crippen molar-refractivity contribution < 1.29 is 9.53 Å². The van der Waals surface area contributed by atoms with Crippen LogP contribution in [0, 0.1) is 12.3 Å². The Morgan fingerprint density at radius 2 is 2.33 bits per heavy atom. The number of hydrogen-bond acceptors (Lipinski definition) is 3. The molecule has 0 bridgehead atoms. The first-order valence-corrected chi connectivity index (χ1v) is 4.62. The molecule has 15 heavy (non-hydrogen) atoms. The molecular formula is C11H14N2O2. The Balaban J connectivity index is 2.71. The zero-order valence-electron chi connectivity index (χ0n) is 9.15. The lowest BCUT2D eigenvalue weighted by Gasteiger charge is -2.18. The number of ether oxygens (including phenoxy) is 1. The van der Waals surface area contributed by atoms with Crippen LogP contribution in [0.1, 0.15) is 26.5 Å². The number of carbonyl (C=O) groups excluding carboxylic acids is 1. The third-order valence-electron chi connectivity index (χ3n) is 1.52. The molecule has 0 aliphatic rings. The molecule has 1 aromatic rings. The Hall–Kier alpha value is -1.76. The molecule has 0 saturated heterocycles. The molecule has 0 unspecified atom stereocenters. The maximum absolute atomic E-state index is 11.5. The molecule has 80 valence electrons. The maximum atomic E-state index is 11.5. The van der Waals surface area contributed by atoms with E-state index in [0.29, 0.717) is 12.1 Å². The smallest absolute Gasteiger partial charge is 0.419 e. The van der Waals surface area contributed by atoms with Crippen molar-refractivity contribution >= 4 is 6.09 Å². The molecule has 0 aromatic carbocycles. The summed E-state index contributed by atoms with van der Waals surface area (Å²) in [5.74, 6) is 2.46. The minimum absolute atomic E-state index is 0.412. The van der Waals surface area contributed by atoms with Crippen LogP contribution in [0.4, 0.5) is 4.79 Å². The highest BCUT2D eigenvalue weighted by Gasteiger charge is 2.17. The van der Waals surface area contributed by atoms with Crippen LogP contribution >= 0.6 is 0 Å². The quantitative estimate of drug-likeness (QED) is 0.658. The second-order valence-corrected chi connectivity index (χ2v) is 4.13. The van der Waals surface area contributed by atoms with Gasteiger partial charge >= 0.3 is 6.09 Å². The van der Waals surface area contributed by atoms with E-state index in [9.17, 15) is 4.79 Å². The summed E-state index contributed by atoms with van der Waals surface area (Å²) in [6.07, 6.45) is 8.08. The first-order chi connectivity index (χ1) is 6.92. The van der Waals surface area contributed by atoms with Crippen molar-refractivity contribution in [1.82, 2.24) is 9.55 Å². The summed E-state index contributed by atoms with van der Waals surface area (Å²) in [5, 5.41) is 0. The minimum Gasteiger partial charge on any atom is -0.443 e. The number of terminal acetylenes is 1. The summed E-state index contributed by atoms with van der Waals surface area (Å²) >= 11 is 0. The van der Waals surface area contributed by atoms with E-state index in [-0.39, 0.29) is 0 Å². The molecule has 0 fully saturated rings. The number of nitrogens with zero attached hydrogens (tertiary/aromatic N) is 2. The van der Waals surface area contributed by atoms with Crippen molar-refractivity contribution in [2.75, 3.05) is 0 Å². The largest absolute Gasteiger partial charge is 0.443 e. The monoisotopic (exact) mass is 206 g/mol. The summed E-state index contributed by atoms with van der Waals surface area (Å²) in [7, 11) is 0. The standard InChI is InChI=1S/C11H14N2O2/c1-5-6-9-7-13(8-12-9)10(14)15-11(2,3)4/h1,7-8H,6H2,2-4H3. The Morgan fingerprint density at radius 3 is 2.87 bits per heavy atom. The van der Waals surface area contributed by atoms with Gasteiger partial charge in [0.15, 0.2) is 0 Å². The molecule has 4 nitrogen and oxygen atoms in total. The lowest BCUT2D eigenvalue weighted by Crippen LogP contribution is -2.26. The van der Waals surface area contributed by atoms with Crippen LogP contribution in [0.5, 0.6) is 0 Å². The van der Waals surface area contributed by atoms with Gasteiger partial charge in [-0.25, -0.2) is 14.3 Å². The topological polar surface area (TPSA) is 44.1 Å².